The van der Waals surface area contributed by atoms with Gasteiger partial charge < -0.3 is 18.9 Å². The first kappa shape index (κ1) is 20.1. The van der Waals surface area contributed by atoms with E-state index in [0.717, 1.165) is 27.7 Å². The van der Waals surface area contributed by atoms with Crippen LogP contribution in [0.3, 0.4) is 0 Å². The molecular weight excluding hydrogens is 410 g/mol. The first-order valence-corrected chi connectivity index (χ1v) is 10.9. The maximum Gasteiger partial charge on any atom is 0.242 e. The maximum atomic E-state index is 12.8. The Balaban J connectivity index is 1.43. The molecule has 1 aliphatic rings. The number of para-hydroxylation sites is 2. The van der Waals surface area contributed by atoms with Crippen molar-refractivity contribution in [3.8, 4) is 5.75 Å². The lowest BCUT2D eigenvalue weighted by atomic mass is 10.3. The highest BCUT2D eigenvalue weighted by atomic mass is 35.5. The fraction of sp³-hybridized carbons (Fsp3) is 0.333. The summed E-state index contributed by atoms with van der Waals surface area (Å²) in [7, 11) is 0. The van der Waals surface area contributed by atoms with Crippen LogP contribution in [0.1, 0.15) is 0 Å². The topological polar surface area (TPSA) is 56.6 Å². The lowest BCUT2D eigenvalue weighted by Crippen LogP contribution is -2.42. The third-order valence-electron chi connectivity index (χ3n) is 4.67. The SMILES string of the molecule is O=C(Cn1c(SCCOc2ccc(Cl)cc2)nc2ccccc21)N1CCOCC1. The van der Waals surface area contributed by atoms with Gasteiger partial charge in [0.05, 0.1) is 30.9 Å². The number of rotatable bonds is 7. The van der Waals surface area contributed by atoms with Gasteiger partial charge in [0.15, 0.2) is 5.16 Å². The van der Waals surface area contributed by atoms with E-state index < -0.39 is 0 Å². The fourth-order valence-corrected chi connectivity index (χ4v) is 4.14. The van der Waals surface area contributed by atoms with Crippen LogP contribution in [0, 0.1) is 0 Å². The van der Waals surface area contributed by atoms with E-state index in [1.54, 1.807) is 23.9 Å². The summed E-state index contributed by atoms with van der Waals surface area (Å²) in [6.45, 7) is 3.29. The molecule has 4 rings (SSSR count). The molecule has 2 aromatic carbocycles. The number of halogens is 1. The van der Waals surface area contributed by atoms with Gasteiger partial charge in [0.2, 0.25) is 5.91 Å². The molecule has 0 spiro atoms. The van der Waals surface area contributed by atoms with E-state index in [1.807, 2.05) is 45.9 Å². The number of ether oxygens (including phenoxy) is 2. The van der Waals surface area contributed by atoms with Gasteiger partial charge in [-0.25, -0.2) is 4.98 Å². The van der Waals surface area contributed by atoms with Gasteiger partial charge in [-0.05, 0) is 36.4 Å². The molecule has 0 unspecified atom stereocenters. The quantitative estimate of drug-likeness (QED) is 0.421. The van der Waals surface area contributed by atoms with Crippen LogP contribution in [0.25, 0.3) is 11.0 Å². The molecule has 0 bridgehead atoms. The molecule has 1 aromatic heterocycles. The molecule has 1 saturated heterocycles. The molecule has 2 heterocycles. The third kappa shape index (κ3) is 5.04. The minimum atomic E-state index is 0.0933. The van der Waals surface area contributed by atoms with Crippen molar-refractivity contribution < 1.29 is 14.3 Å². The average molecular weight is 432 g/mol. The van der Waals surface area contributed by atoms with Crippen LogP contribution in [0.4, 0.5) is 0 Å². The van der Waals surface area contributed by atoms with E-state index >= 15 is 0 Å². The van der Waals surface area contributed by atoms with E-state index in [-0.39, 0.29) is 12.5 Å². The zero-order chi connectivity index (χ0) is 20.1. The van der Waals surface area contributed by atoms with Crippen molar-refractivity contribution in [1.29, 1.82) is 0 Å². The monoisotopic (exact) mass is 431 g/mol. The van der Waals surface area contributed by atoms with E-state index in [1.165, 1.54) is 0 Å². The highest BCUT2D eigenvalue weighted by Gasteiger charge is 2.20. The number of amides is 1. The lowest BCUT2D eigenvalue weighted by molar-refractivity contribution is -0.135. The first-order valence-electron chi connectivity index (χ1n) is 9.53. The Labute approximate surface area is 178 Å². The number of thioether (sulfide) groups is 1. The summed E-state index contributed by atoms with van der Waals surface area (Å²) in [5.41, 5.74) is 1.86. The van der Waals surface area contributed by atoms with Crippen molar-refractivity contribution in [2.75, 3.05) is 38.7 Å². The molecule has 0 N–H and O–H groups in total. The lowest BCUT2D eigenvalue weighted by Gasteiger charge is -2.27. The van der Waals surface area contributed by atoms with Crippen molar-refractivity contribution in [3.63, 3.8) is 0 Å². The minimum absolute atomic E-state index is 0.0933. The van der Waals surface area contributed by atoms with E-state index in [4.69, 9.17) is 26.1 Å². The van der Waals surface area contributed by atoms with Crippen LogP contribution < -0.4 is 4.74 Å². The summed E-state index contributed by atoms with van der Waals surface area (Å²) >= 11 is 7.49. The number of hydrogen-bond acceptors (Lipinski definition) is 5. The number of fused-ring (bicyclic) bond motifs is 1. The van der Waals surface area contributed by atoms with Gasteiger partial charge in [-0.3, -0.25) is 4.79 Å². The first-order chi connectivity index (χ1) is 14.2. The number of nitrogens with zero attached hydrogens (tertiary/aromatic N) is 3. The number of aromatic nitrogens is 2. The highest BCUT2D eigenvalue weighted by Crippen LogP contribution is 2.25. The minimum Gasteiger partial charge on any atom is -0.493 e. The number of hydrogen-bond donors (Lipinski definition) is 0. The Bertz CT molecular complexity index is 971. The van der Waals surface area contributed by atoms with Gasteiger partial charge in [-0.1, -0.05) is 35.5 Å². The number of benzene rings is 2. The maximum absolute atomic E-state index is 12.8. The van der Waals surface area contributed by atoms with Crippen LogP contribution in [-0.4, -0.2) is 59.0 Å². The molecule has 29 heavy (non-hydrogen) atoms. The highest BCUT2D eigenvalue weighted by molar-refractivity contribution is 7.99. The summed E-state index contributed by atoms with van der Waals surface area (Å²) in [5, 5.41) is 1.51. The molecule has 1 fully saturated rings. The van der Waals surface area contributed by atoms with Gasteiger partial charge in [0.1, 0.15) is 12.3 Å². The van der Waals surface area contributed by atoms with Crippen LogP contribution in [0.2, 0.25) is 5.02 Å². The van der Waals surface area contributed by atoms with E-state index in [9.17, 15) is 4.79 Å². The summed E-state index contributed by atoms with van der Waals surface area (Å²) in [4.78, 5) is 19.4. The summed E-state index contributed by atoms with van der Waals surface area (Å²) in [6.07, 6.45) is 0. The number of morpholine rings is 1. The van der Waals surface area contributed by atoms with Gasteiger partial charge in [-0.2, -0.15) is 0 Å². The summed E-state index contributed by atoms with van der Waals surface area (Å²) in [5.74, 6) is 1.60. The van der Waals surface area contributed by atoms with Crippen molar-refractivity contribution >= 4 is 40.3 Å². The number of carbonyl (C=O) groups is 1. The molecule has 152 valence electrons. The van der Waals surface area contributed by atoms with Crippen molar-refractivity contribution in [3.05, 3.63) is 53.6 Å². The molecule has 0 aliphatic carbocycles. The number of imidazole rings is 1. The second-order valence-electron chi connectivity index (χ2n) is 6.61. The average Bonchev–Trinajstić information content (AvgIpc) is 3.10. The number of carbonyl (C=O) groups excluding carboxylic acids is 1. The molecule has 0 saturated carbocycles. The van der Waals surface area contributed by atoms with E-state index in [0.29, 0.717) is 37.9 Å². The zero-order valence-electron chi connectivity index (χ0n) is 15.9. The van der Waals surface area contributed by atoms with Crippen LogP contribution in [0.5, 0.6) is 5.75 Å². The molecule has 1 aliphatic heterocycles. The zero-order valence-corrected chi connectivity index (χ0v) is 17.5. The standard InChI is InChI=1S/C21H22ClN3O3S/c22-16-5-7-17(8-6-16)28-13-14-29-21-23-18-3-1-2-4-19(18)25(21)15-20(26)24-9-11-27-12-10-24/h1-8H,9-15H2. The molecule has 1 amide bonds. The van der Waals surface area contributed by atoms with Crippen molar-refractivity contribution in [2.24, 2.45) is 0 Å². The van der Waals surface area contributed by atoms with Gasteiger partial charge in [-0.15, -0.1) is 0 Å². The van der Waals surface area contributed by atoms with Crippen LogP contribution in [0.15, 0.2) is 53.7 Å². The van der Waals surface area contributed by atoms with E-state index in [2.05, 4.69) is 0 Å². The molecule has 3 aromatic rings. The van der Waals surface area contributed by atoms with Gasteiger partial charge in [0.25, 0.3) is 0 Å². The predicted molar refractivity (Wildman–Crippen MR) is 115 cm³/mol. The van der Waals surface area contributed by atoms with Crippen LogP contribution in [-0.2, 0) is 16.1 Å². The normalized spacial score (nSPS) is 14.3. The molecule has 0 atom stereocenters. The van der Waals surface area contributed by atoms with Crippen molar-refractivity contribution in [2.45, 2.75) is 11.7 Å². The Hall–Kier alpha value is -2.22. The molecular formula is C21H22ClN3O3S. The Morgan fingerprint density at radius 3 is 2.69 bits per heavy atom. The second kappa shape index (κ2) is 9.52. The van der Waals surface area contributed by atoms with Crippen LogP contribution >= 0.6 is 23.4 Å². The third-order valence-corrected chi connectivity index (χ3v) is 5.87. The molecule has 0 radical (unpaired) electrons. The smallest absolute Gasteiger partial charge is 0.242 e. The van der Waals surface area contributed by atoms with Gasteiger partial charge in [0, 0.05) is 23.9 Å². The van der Waals surface area contributed by atoms with Gasteiger partial charge >= 0.3 is 0 Å². The molecule has 8 heteroatoms. The second-order valence-corrected chi connectivity index (χ2v) is 8.11. The summed E-state index contributed by atoms with van der Waals surface area (Å²) < 4.78 is 13.1. The Kier molecular flexibility index (Phi) is 6.59. The Morgan fingerprint density at radius 2 is 1.90 bits per heavy atom. The fourth-order valence-electron chi connectivity index (χ4n) is 3.19. The Morgan fingerprint density at radius 1 is 1.14 bits per heavy atom. The van der Waals surface area contributed by atoms with Crippen molar-refractivity contribution in [1.82, 2.24) is 14.5 Å². The summed E-state index contributed by atoms with van der Waals surface area (Å²) in [6, 6.07) is 15.2. The largest absolute Gasteiger partial charge is 0.493 e. The molecule has 6 nitrogen and oxygen atoms in total. The predicted octanol–water partition coefficient (Wildman–Crippen LogP) is 3.72.